The molecule has 3 N–H and O–H groups in total. The van der Waals surface area contributed by atoms with Crippen LogP contribution >= 0.6 is 0 Å². The fourth-order valence-corrected chi connectivity index (χ4v) is 10.1. The average Bonchev–Trinajstić information content (AvgIpc) is 4.01. The van der Waals surface area contributed by atoms with Crippen LogP contribution in [0.3, 0.4) is 0 Å². The number of piperazine rings is 1. The van der Waals surface area contributed by atoms with E-state index in [2.05, 4.69) is 20.2 Å². The molecule has 2 aromatic heterocycles. The second-order valence-corrected chi connectivity index (χ2v) is 18.2. The lowest BCUT2D eigenvalue weighted by Gasteiger charge is -2.36. The average molecular weight is 917 g/mol. The summed E-state index contributed by atoms with van der Waals surface area (Å²) < 4.78 is 94.7. The first kappa shape index (κ1) is 43.9. The lowest BCUT2D eigenvalue weighted by molar-refractivity contribution is -0.136. The molecule has 4 aliphatic rings. The number of H-pyrrole nitrogens is 1. The van der Waals surface area contributed by atoms with E-state index in [4.69, 9.17) is 4.74 Å². The number of imide groups is 1. The molecule has 4 aliphatic heterocycles. The normalized spacial score (nSPS) is 19.5. The molecule has 3 saturated heterocycles. The second kappa shape index (κ2) is 17.9. The number of halogens is 4. The van der Waals surface area contributed by atoms with E-state index in [9.17, 15) is 32.0 Å². The Morgan fingerprint density at radius 1 is 0.908 bits per heavy atom. The van der Waals surface area contributed by atoms with Crippen LogP contribution in [0.15, 0.2) is 67.0 Å². The number of carbonyl (C=O) groups is 4. The summed E-state index contributed by atoms with van der Waals surface area (Å²) in [4.78, 5) is 63.6. The number of ketones is 1. The van der Waals surface area contributed by atoms with Crippen molar-refractivity contribution in [2.24, 2.45) is 0 Å². The number of alkyl halides is 1. The number of unbranched alkanes of at least 4 members (excludes halogenated alkanes) is 1. The number of piperidine rings is 1. The number of anilines is 2. The molecule has 3 amide bonds. The maximum atomic E-state index is 15.8. The van der Waals surface area contributed by atoms with Crippen molar-refractivity contribution in [1.29, 1.82) is 0 Å². The third-order valence-corrected chi connectivity index (χ3v) is 13.9. The molecule has 65 heavy (non-hydrogen) atoms. The first-order chi connectivity index (χ1) is 31.2. The zero-order valence-corrected chi connectivity index (χ0v) is 35.7. The molecule has 15 nitrogen and oxygen atoms in total. The molecule has 0 bridgehead atoms. The summed E-state index contributed by atoms with van der Waals surface area (Å²) in [6.07, 6.45) is 3.49. The van der Waals surface area contributed by atoms with Crippen LogP contribution < -0.4 is 19.7 Å². The number of benzene rings is 3. The minimum atomic E-state index is -4.39. The topological polar surface area (TPSA) is 177 Å². The van der Waals surface area contributed by atoms with Gasteiger partial charge in [0.1, 0.15) is 35.2 Å². The number of aromatic nitrogens is 2. The Hall–Kier alpha value is -6.38. The van der Waals surface area contributed by atoms with E-state index >= 15 is 13.2 Å². The van der Waals surface area contributed by atoms with Crippen molar-refractivity contribution in [1.82, 2.24) is 29.4 Å². The molecule has 20 heteroatoms. The van der Waals surface area contributed by atoms with Gasteiger partial charge >= 0.3 is 10.2 Å². The summed E-state index contributed by atoms with van der Waals surface area (Å²) in [5, 5.41) is 2.52. The highest BCUT2D eigenvalue weighted by Gasteiger charge is 2.39. The fraction of sp³-hybridized carbons (Fsp3) is 0.356. The number of nitrogens with zero attached hydrogens (tertiary/aromatic N) is 5. The van der Waals surface area contributed by atoms with Crippen molar-refractivity contribution >= 4 is 56.1 Å². The van der Waals surface area contributed by atoms with Gasteiger partial charge in [-0.05, 0) is 91.9 Å². The highest BCUT2D eigenvalue weighted by molar-refractivity contribution is 7.90. The van der Waals surface area contributed by atoms with E-state index in [1.807, 2.05) is 15.7 Å². The molecule has 9 rings (SSSR count). The zero-order chi connectivity index (χ0) is 45.6. The number of hydrogen-bond donors (Lipinski definition) is 3. The van der Waals surface area contributed by atoms with Gasteiger partial charge < -0.3 is 19.5 Å². The van der Waals surface area contributed by atoms with Crippen LogP contribution in [0.25, 0.3) is 22.2 Å². The minimum Gasteiger partial charge on any atom is -0.494 e. The molecule has 5 aromatic rings. The van der Waals surface area contributed by atoms with Crippen molar-refractivity contribution in [2.75, 3.05) is 62.0 Å². The summed E-state index contributed by atoms with van der Waals surface area (Å²) in [5.41, 5.74) is 1.04. The van der Waals surface area contributed by atoms with Gasteiger partial charge in [-0.2, -0.15) is 12.7 Å². The number of rotatable bonds is 14. The van der Waals surface area contributed by atoms with Crippen molar-refractivity contribution < 1.29 is 49.9 Å². The van der Waals surface area contributed by atoms with Gasteiger partial charge in [-0.15, -0.1) is 0 Å². The van der Waals surface area contributed by atoms with Gasteiger partial charge in [0, 0.05) is 86.7 Å². The van der Waals surface area contributed by atoms with Crippen LogP contribution in [0.1, 0.15) is 63.9 Å². The predicted octanol–water partition coefficient (Wildman–Crippen LogP) is 5.32. The van der Waals surface area contributed by atoms with Crippen LogP contribution in [0.2, 0.25) is 0 Å². The molecule has 0 radical (unpaired) electrons. The lowest BCUT2D eigenvalue weighted by atomic mass is 9.99. The third-order valence-electron chi connectivity index (χ3n) is 12.4. The van der Waals surface area contributed by atoms with Crippen LogP contribution in [-0.4, -0.2) is 121 Å². The standard InChI is InChI=1S/C45H44F4N8O7S/c46-29-11-13-56(25-29)65(62,63)53-36-7-6-34(47)40(41(36)49)42(59)33-23-51-43-32(33)20-27(22-50-43)26-3-8-37(35(48)21-26)55-16-14-54(15-17-55)12-1-2-18-64-30-4-5-31-28(19-30)24-57(45(31)61)38-9-10-39(58)52-44(38)60/h3-8,19-23,29,38,53H,1-2,9-18,24-25H2,(H,50,51)(H,52,58,60)/t29-,38?/m1/s1. The first-order valence-electron chi connectivity index (χ1n) is 21.3. The molecule has 0 aliphatic carbocycles. The quantitative estimate of drug-likeness (QED) is 0.0572. The van der Waals surface area contributed by atoms with Gasteiger partial charge in [-0.3, -0.25) is 34.1 Å². The van der Waals surface area contributed by atoms with Crippen molar-refractivity contribution in [3.8, 4) is 16.9 Å². The molecular formula is C45H44F4N8O7S. The van der Waals surface area contributed by atoms with E-state index in [0.29, 0.717) is 54.2 Å². The van der Waals surface area contributed by atoms with E-state index in [0.717, 1.165) is 54.5 Å². The SMILES string of the molecule is O=C1CCC(N2Cc3cc(OCCCCN4CCN(c5ccc(-c6cnc7[nH]cc(C(=O)c8c(F)ccc(NS(=O)(=O)N9CC[C@@H](F)C9)c8F)c7c6)cc5F)CC4)ccc3C2=O)C(=O)N1. The van der Waals surface area contributed by atoms with Gasteiger partial charge in [-0.25, -0.2) is 22.5 Å². The summed E-state index contributed by atoms with van der Waals surface area (Å²) >= 11 is 0. The largest absolute Gasteiger partial charge is 0.494 e. The maximum Gasteiger partial charge on any atom is 0.301 e. The molecule has 3 fully saturated rings. The van der Waals surface area contributed by atoms with Crippen LogP contribution in [-0.2, 0) is 26.3 Å². The molecule has 2 atom stereocenters. The van der Waals surface area contributed by atoms with Gasteiger partial charge in [-0.1, -0.05) is 6.07 Å². The minimum absolute atomic E-state index is 0.0203. The maximum absolute atomic E-state index is 15.8. The zero-order valence-electron chi connectivity index (χ0n) is 34.9. The molecule has 0 spiro atoms. The lowest BCUT2D eigenvalue weighted by Crippen LogP contribution is -2.52. The Labute approximate surface area is 370 Å². The molecule has 1 unspecified atom stereocenters. The van der Waals surface area contributed by atoms with Gasteiger partial charge in [0.2, 0.25) is 17.6 Å². The monoisotopic (exact) mass is 916 g/mol. The van der Waals surface area contributed by atoms with Crippen molar-refractivity contribution in [3.63, 3.8) is 0 Å². The van der Waals surface area contributed by atoms with Crippen molar-refractivity contribution in [2.45, 2.75) is 50.9 Å². The Morgan fingerprint density at radius 3 is 2.48 bits per heavy atom. The molecule has 0 saturated carbocycles. The molecule has 6 heterocycles. The van der Waals surface area contributed by atoms with Gasteiger partial charge in [0.05, 0.1) is 23.5 Å². The Kier molecular flexibility index (Phi) is 12.1. The molecule has 340 valence electrons. The number of nitrogens with one attached hydrogen (secondary N) is 3. The van der Waals surface area contributed by atoms with Crippen molar-refractivity contribution in [3.05, 3.63) is 107 Å². The van der Waals surface area contributed by atoms with Crippen LogP contribution in [0, 0.1) is 17.5 Å². The number of ether oxygens (including phenoxy) is 1. The molecular weight excluding hydrogens is 873 g/mol. The second-order valence-electron chi connectivity index (χ2n) is 16.6. The Morgan fingerprint density at radius 2 is 1.72 bits per heavy atom. The number of pyridine rings is 1. The summed E-state index contributed by atoms with van der Waals surface area (Å²) in [6, 6.07) is 12.6. The predicted molar refractivity (Wildman–Crippen MR) is 231 cm³/mol. The Bertz CT molecular complexity index is 2840. The third kappa shape index (κ3) is 8.89. The van der Waals surface area contributed by atoms with Crippen LogP contribution in [0.4, 0.5) is 28.9 Å². The Balaban J connectivity index is 0.774. The highest BCUT2D eigenvalue weighted by atomic mass is 32.2. The number of aromatic amines is 1. The van der Waals surface area contributed by atoms with Crippen LogP contribution in [0.5, 0.6) is 5.75 Å². The first-order valence-corrected chi connectivity index (χ1v) is 22.8. The van der Waals surface area contributed by atoms with Gasteiger partial charge in [0.25, 0.3) is 5.91 Å². The smallest absolute Gasteiger partial charge is 0.301 e. The summed E-state index contributed by atoms with van der Waals surface area (Å²) in [5.74, 6) is -4.58. The molecule has 3 aromatic carbocycles. The number of hydrogen-bond acceptors (Lipinski definition) is 10. The summed E-state index contributed by atoms with van der Waals surface area (Å²) in [6.45, 7) is 3.71. The van der Waals surface area contributed by atoms with E-state index in [-0.39, 0.29) is 54.3 Å². The highest BCUT2D eigenvalue weighted by Crippen LogP contribution is 2.33. The van der Waals surface area contributed by atoms with E-state index < -0.39 is 69.4 Å². The van der Waals surface area contributed by atoms with E-state index in [1.165, 1.54) is 23.4 Å². The summed E-state index contributed by atoms with van der Waals surface area (Å²) in [7, 11) is -4.39. The van der Waals surface area contributed by atoms with Gasteiger partial charge in [0.15, 0.2) is 5.82 Å². The fourth-order valence-electron chi connectivity index (χ4n) is 8.86. The van der Waals surface area contributed by atoms with E-state index in [1.54, 1.807) is 30.3 Å². The number of carbonyl (C=O) groups excluding carboxylic acids is 4. The number of fused-ring (bicyclic) bond motifs is 2. The number of amides is 3.